The SMILES string of the molecule is CN(C)C=O.O=S(=O)(O)c1cn(CC2=NCCN2)c2ccccc12. The molecule has 0 spiro atoms. The molecule has 1 amide bonds. The average molecular weight is 352 g/mol. The van der Waals surface area contributed by atoms with Crippen molar-refractivity contribution >= 4 is 33.3 Å². The van der Waals surface area contributed by atoms with E-state index in [1.54, 1.807) is 30.8 Å². The summed E-state index contributed by atoms with van der Waals surface area (Å²) in [5.41, 5.74) is 0.756. The number of nitrogens with one attached hydrogen (secondary N) is 1. The van der Waals surface area contributed by atoms with Crippen molar-refractivity contribution in [3.8, 4) is 0 Å². The molecule has 24 heavy (non-hydrogen) atoms. The molecule has 0 aliphatic carbocycles. The van der Waals surface area contributed by atoms with Gasteiger partial charge in [0.15, 0.2) is 0 Å². The fourth-order valence-electron chi connectivity index (χ4n) is 2.26. The van der Waals surface area contributed by atoms with Crippen molar-refractivity contribution in [3.05, 3.63) is 30.5 Å². The molecule has 1 aromatic heterocycles. The molecule has 3 rings (SSSR count). The lowest BCUT2D eigenvalue weighted by Gasteiger charge is -2.05. The molecule has 2 aromatic rings. The predicted octanol–water partition coefficient (Wildman–Crippen LogP) is 0.594. The molecule has 0 atom stereocenters. The zero-order chi connectivity index (χ0) is 17.7. The molecule has 0 unspecified atom stereocenters. The number of carbonyl (C=O) groups is 1. The lowest BCUT2D eigenvalue weighted by atomic mass is 10.2. The van der Waals surface area contributed by atoms with Crippen LogP contribution in [0.25, 0.3) is 10.9 Å². The lowest BCUT2D eigenvalue weighted by Crippen LogP contribution is -2.23. The highest BCUT2D eigenvalue weighted by molar-refractivity contribution is 7.86. The first kappa shape index (κ1) is 18.0. The van der Waals surface area contributed by atoms with Gasteiger partial charge in [0.25, 0.3) is 10.1 Å². The van der Waals surface area contributed by atoms with E-state index in [1.165, 1.54) is 11.1 Å². The van der Waals surface area contributed by atoms with E-state index in [1.807, 2.05) is 12.1 Å². The second-order valence-corrected chi connectivity index (χ2v) is 6.83. The quantitative estimate of drug-likeness (QED) is 0.619. The summed E-state index contributed by atoms with van der Waals surface area (Å²) in [5, 5.41) is 3.65. The van der Waals surface area contributed by atoms with Gasteiger partial charge in [0.1, 0.15) is 10.7 Å². The van der Waals surface area contributed by atoms with Gasteiger partial charge in [0, 0.05) is 37.7 Å². The summed E-state index contributed by atoms with van der Waals surface area (Å²) < 4.78 is 33.8. The molecule has 0 saturated carbocycles. The summed E-state index contributed by atoms with van der Waals surface area (Å²) in [6.45, 7) is 2.01. The van der Waals surface area contributed by atoms with Gasteiger partial charge in [-0.3, -0.25) is 14.3 Å². The molecule has 1 aromatic carbocycles. The predicted molar refractivity (Wildman–Crippen MR) is 91.8 cm³/mol. The molecule has 9 heteroatoms. The maximum Gasteiger partial charge on any atom is 0.296 e. The van der Waals surface area contributed by atoms with Crippen LogP contribution < -0.4 is 5.32 Å². The van der Waals surface area contributed by atoms with Crippen LogP contribution in [-0.2, 0) is 21.5 Å². The number of carbonyl (C=O) groups excluding carboxylic acids is 1. The van der Waals surface area contributed by atoms with Gasteiger partial charge in [-0.15, -0.1) is 0 Å². The minimum absolute atomic E-state index is 0.0679. The van der Waals surface area contributed by atoms with Crippen molar-refractivity contribution < 1.29 is 17.8 Å². The summed E-state index contributed by atoms with van der Waals surface area (Å²) in [5.74, 6) is 0.822. The summed E-state index contributed by atoms with van der Waals surface area (Å²) >= 11 is 0. The van der Waals surface area contributed by atoms with Crippen LogP contribution >= 0.6 is 0 Å². The first-order valence-electron chi connectivity index (χ1n) is 7.27. The molecule has 1 aliphatic heterocycles. The highest BCUT2D eigenvalue weighted by atomic mass is 32.2. The van der Waals surface area contributed by atoms with Gasteiger partial charge in [0.05, 0.1) is 13.1 Å². The number of hydrogen-bond donors (Lipinski definition) is 2. The van der Waals surface area contributed by atoms with Gasteiger partial charge in [-0.2, -0.15) is 8.42 Å². The zero-order valence-electron chi connectivity index (χ0n) is 13.5. The van der Waals surface area contributed by atoms with Crippen molar-refractivity contribution in [3.63, 3.8) is 0 Å². The summed E-state index contributed by atoms with van der Waals surface area (Å²) in [4.78, 5) is 15.1. The van der Waals surface area contributed by atoms with Gasteiger partial charge in [-0.1, -0.05) is 18.2 Å². The van der Waals surface area contributed by atoms with Crippen LogP contribution in [0.1, 0.15) is 0 Å². The smallest absolute Gasteiger partial charge is 0.296 e. The Bertz CT molecular complexity index is 855. The number of hydrogen-bond acceptors (Lipinski definition) is 5. The number of aliphatic imine (C=N–C) groups is 1. The Morgan fingerprint density at radius 3 is 2.58 bits per heavy atom. The summed E-state index contributed by atoms with van der Waals surface area (Å²) in [7, 11) is -0.848. The standard InChI is InChI=1S/C12H13N3O3S.C3H7NO/c16-19(17,18)11-7-15(8-12-13-5-6-14-12)10-4-2-1-3-9(10)11;1-4(2)3-5/h1-4,7H,5-6,8H2,(H,13,14)(H,16,17,18);3H,1-2H3. The first-order chi connectivity index (χ1) is 11.3. The molecular formula is C15H20N4O4S. The highest BCUT2D eigenvalue weighted by Crippen LogP contribution is 2.25. The van der Waals surface area contributed by atoms with Gasteiger partial charge in [0.2, 0.25) is 6.41 Å². The van der Waals surface area contributed by atoms with E-state index in [0.29, 0.717) is 11.9 Å². The van der Waals surface area contributed by atoms with Gasteiger partial charge in [-0.25, -0.2) is 0 Å². The van der Waals surface area contributed by atoms with E-state index in [0.717, 1.165) is 30.9 Å². The van der Waals surface area contributed by atoms with Crippen molar-refractivity contribution in [1.29, 1.82) is 0 Å². The molecule has 0 radical (unpaired) electrons. The van der Waals surface area contributed by atoms with Crippen molar-refractivity contribution in [2.75, 3.05) is 27.2 Å². The fourth-order valence-corrected chi connectivity index (χ4v) is 2.97. The van der Waals surface area contributed by atoms with Crippen LogP contribution in [0.4, 0.5) is 0 Å². The third kappa shape index (κ3) is 4.33. The van der Waals surface area contributed by atoms with Crippen LogP contribution in [-0.4, -0.2) is 61.9 Å². The van der Waals surface area contributed by atoms with Gasteiger partial charge < -0.3 is 14.8 Å². The number of amides is 1. The van der Waals surface area contributed by atoms with E-state index < -0.39 is 10.1 Å². The normalized spacial score (nSPS) is 13.7. The van der Waals surface area contributed by atoms with Crippen LogP contribution in [0.5, 0.6) is 0 Å². The van der Waals surface area contributed by atoms with Gasteiger partial charge >= 0.3 is 0 Å². The fraction of sp³-hybridized carbons (Fsp3) is 0.333. The Morgan fingerprint density at radius 1 is 1.38 bits per heavy atom. The highest BCUT2D eigenvalue weighted by Gasteiger charge is 2.19. The molecule has 2 N–H and O–H groups in total. The number of rotatable bonds is 4. The maximum atomic E-state index is 11.4. The van der Waals surface area contributed by atoms with E-state index in [2.05, 4.69) is 10.3 Å². The number of nitrogens with zero attached hydrogens (tertiary/aromatic N) is 3. The van der Waals surface area contributed by atoms with Crippen LogP contribution in [0, 0.1) is 0 Å². The summed E-state index contributed by atoms with van der Waals surface area (Å²) in [6.07, 6.45) is 2.20. The molecule has 1 aliphatic rings. The Labute approximate surface area is 140 Å². The molecule has 130 valence electrons. The largest absolute Gasteiger partial charge is 0.370 e. The third-order valence-electron chi connectivity index (χ3n) is 3.30. The number of amidine groups is 1. The van der Waals surface area contributed by atoms with Crippen molar-refractivity contribution in [2.45, 2.75) is 11.4 Å². The second-order valence-electron chi connectivity index (χ2n) is 5.44. The number of para-hydroxylation sites is 1. The van der Waals surface area contributed by atoms with Crippen molar-refractivity contribution in [1.82, 2.24) is 14.8 Å². The Hall–Kier alpha value is -2.39. The van der Waals surface area contributed by atoms with E-state index >= 15 is 0 Å². The topological polar surface area (TPSA) is 104 Å². The number of benzene rings is 1. The zero-order valence-corrected chi connectivity index (χ0v) is 14.3. The van der Waals surface area contributed by atoms with E-state index in [9.17, 15) is 17.8 Å². The van der Waals surface area contributed by atoms with Crippen LogP contribution in [0.2, 0.25) is 0 Å². The molecule has 0 saturated heterocycles. The minimum atomic E-state index is -4.22. The number of aromatic nitrogens is 1. The van der Waals surface area contributed by atoms with E-state index in [4.69, 9.17) is 0 Å². The summed E-state index contributed by atoms with van der Waals surface area (Å²) in [6, 6.07) is 7.07. The van der Waals surface area contributed by atoms with Gasteiger partial charge in [-0.05, 0) is 6.07 Å². The lowest BCUT2D eigenvalue weighted by molar-refractivity contribution is -0.115. The minimum Gasteiger partial charge on any atom is -0.370 e. The number of fused-ring (bicyclic) bond motifs is 1. The second kappa shape index (κ2) is 7.45. The Kier molecular flexibility index (Phi) is 5.58. The molecular weight excluding hydrogens is 332 g/mol. The Balaban J connectivity index is 0.000000368. The van der Waals surface area contributed by atoms with E-state index in [-0.39, 0.29) is 4.90 Å². The van der Waals surface area contributed by atoms with Crippen LogP contribution in [0.15, 0.2) is 40.4 Å². The van der Waals surface area contributed by atoms with Crippen LogP contribution in [0.3, 0.4) is 0 Å². The molecule has 8 nitrogen and oxygen atoms in total. The Morgan fingerprint density at radius 2 is 2.04 bits per heavy atom. The van der Waals surface area contributed by atoms with Crippen molar-refractivity contribution in [2.24, 2.45) is 4.99 Å². The average Bonchev–Trinajstić information content (AvgIpc) is 3.16. The maximum absolute atomic E-state index is 11.4. The molecule has 2 heterocycles. The third-order valence-corrected chi connectivity index (χ3v) is 4.19. The molecule has 0 fully saturated rings. The monoisotopic (exact) mass is 352 g/mol. The first-order valence-corrected chi connectivity index (χ1v) is 8.71. The molecule has 0 bridgehead atoms.